The van der Waals surface area contributed by atoms with Gasteiger partial charge in [0.25, 0.3) is 5.91 Å². The molecule has 21 heavy (non-hydrogen) atoms. The third kappa shape index (κ3) is 3.35. The minimum Gasteiger partial charge on any atom is -0.484 e. The van der Waals surface area contributed by atoms with Crippen molar-refractivity contribution in [1.82, 2.24) is 8.75 Å². The summed E-state index contributed by atoms with van der Waals surface area (Å²) in [6, 6.07) is 13.0. The molecule has 0 bridgehead atoms. The molecule has 0 saturated heterocycles. The number of carbonyl (C=O) groups excluding carboxylic acids is 1. The van der Waals surface area contributed by atoms with Crippen molar-refractivity contribution in [3.63, 3.8) is 0 Å². The topological polar surface area (TPSA) is 64.1 Å². The number of nitrogens with zero attached hydrogens (tertiary/aromatic N) is 2. The highest BCUT2D eigenvalue weighted by Gasteiger charge is 2.06. The number of benzene rings is 2. The van der Waals surface area contributed by atoms with Gasteiger partial charge in [0.2, 0.25) is 0 Å². The Morgan fingerprint density at radius 1 is 1.19 bits per heavy atom. The molecular formula is C15H13N3O2S. The fraction of sp³-hybridized carbons (Fsp3) is 0.133. The lowest BCUT2D eigenvalue weighted by molar-refractivity contribution is -0.118. The molecule has 0 fully saturated rings. The summed E-state index contributed by atoms with van der Waals surface area (Å²) in [5.74, 6) is 0.475. The van der Waals surface area contributed by atoms with Gasteiger partial charge in [-0.1, -0.05) is 12.1 Å². The van der Waals surface area contributed by atoms with Crippen molar-refractivity contribution in [2.24, 2.45) is 0 Å². The van der Waals surface area contributed by atoms with E-state index < -0.39 is 0 Å². The van der Waals surface area contributed by atoms with E-state index in [0.29, 0.717) is 11.4 Å². The maximum absolute atomic E-state index is 11.9. The highest BCUT2D eigenvalue weighted by Crippen LogP contribution is 2.17. The molecule has 0 radical (unpaired) electrons. The van der Waals surface area contributed by atoms with Crippen LogP contribution in [0.5, 0.6) is 5.75 Å². The number of rotatable bonds is 4. The summed E-state index contributed by atoms with van der Waals surface area (Å²) in [4.78, 5) is 11.9. The molecule has 1 aromatic heterocycles. The largest absolute Gasteiger partial charge is 0.484 e. The van der Waals surface area contributed by atoms with Crippen LogP contribution in [0.1, 0.15) is 5.56 Å². The molecule has 3 rings (SSSR count). The van der Waals surface area contributed by atoms with Crippen LogP contribution in [0.2, 0.25) is 0 Å². The van der Waals surface area contributed by atoms with Crippen LogP contribution in [-0.4, -0.2) is 21.3 Å². The molecule has 0 saturated carbocycles. The van der Waals surface area contributed by atoms with Crippen LogP contribution in [0, 0.1) is 6.92 Å². The molecule has 106 valence electrons. The highest BCUT2D eigenvalue weighted by atomic mass is 32.1. The van der Waals surface area contributed by atoms with E-state index >= 15 is 0 Å². The monoisotopic (exact) mass is 299 g/mol. The van der Waals surface area contributed by atoms with E-state index in [2.05, 4.69) is 14.1 Å². The zero-order chi connectivity index (χ0) is 14.7. The number of aromatic nitrogens is 2. The lowest BCUT2D eigenvalue weighted by atomic mass is 10.2. The van der Waals surface area contributed by atoms with Crippen molar-refractivity contribution >= 4 is 34.4 Å². The molecule has 1 amide bonds. The van der Waals surface area contributed by atoms with E-state index in [1.54, 1.807) is 12.1 Å². The Hall–Kier alpha value is -2.47. The third-order valence-electron chi connectivity index (χ3n) is 2.90. The fourth-order valence-corrected chi connectivity index (χ4v) is 2.43. The second-order valence-corrected chi connectivity index (χ2v) is 5.15. The Kier molecular flexibility index (Phi) is 3.79. The molecule has 0 aliphatic rings. The first kappa shape index (κ1) is 13.5. The van der Waals surface area contributed by atoms with Crippen molar-refractivity contribution in [2.75, 3.05) is 11.9 Å². The maximum Gasteiger partial charge on any atom is 0.262 e. The Balaban J connectivity index is 1.60. The molecular weight excluding hydrogens is 286 g/mol. The molecule has 0 aliphatic heterocycles. The molecule has 1 heterocycles. The zero-order valence-corrected chi connectivity index (χ0v) is 12.2. The summed E-state index contributed by atoms with van der Waals surface area (Å²) in [5.41, 5.74) is 3.38. The van der Waals surface area contributed by atoms with Gasteiger partial charge in [-0.15, -0.1) is 0 Å². The van der Waals surface area contributed by atoms with Gasteiger partial charge < -0.3 is 10.1 Å². The lowest BCUT2D eigenvalue weighted by Crippen LogP contribution is -2.20. The van der Waals surface area contributed by atoms with Crippen LogP contribution >= 0.6 is 11.7 Å². The van der Waals surface area contributed by atoms with Gasteiger partial charge in [0.15, 0.2) is 6.61 Å². The van der Waals surface area contributed by atoms with Gasteiger partial charge in [-0.25, -0.2) is 0 Å². The van der Waals surface area contributed by atoms with E-state index in [0.717, 1.165) is 28.3 Å². The van der Waals surface area contributed by atoms with Crippen molar-refractivity contribution in [2.45, 2.75) is 6.92 Å². The van der Waals surface area contributed by atoms with Crippen LogP contribution in [-0.2, 0) is 4.79 Å². The van der Waals surface area contributed by atoms with Gasteiger partial charge >= 0.3 is 0 Å². The van der Waals surface area contributed by atoms with E-state index in [4.69, 9.17) is 4.74 Å². The summed E-state index contributed by atoms with van der Waals surface area (Å²) in [6.45, 7) is 1.95. The van der Waals surface area contributed by atoms with Crippen LogP contribution in [0.15, 0.2) is 42.5 Å². The Morgan fingerprint density at radius 2 is 2.05 bits per heavy atom. The number of hydrogen-bond donors (Lipinski definition) is 1. The van der Waals surface area contributed by atoms with Gasteiger partial charge in [-0.2, -0.15) is 8.75 Å². The Bertz CT molecular complexity index is 785. The molecule has 0 spiro atoms. The number of carbonyl (C=O) groups is 1. The third-order valence-corrected chi connectivity index (χ3v) is 3.45. The predicted molar refractivity (Wildman–Crippen MR) is 82.7 cm³/mol. The Labute approximate surface area is 125 Å². The van der Waals surface area contributed by atoms with Gasteiger partial charge in [-0.05, 0) is 42.8 Å². The van der Waals surface area contributed by atoms with Gasteiger partial charge in [0.1, 0.15) is 16.8 Å². The molecule has 0 unspecified atom stereocenters. The van der Waals surface area contributed by atoms with Gasteiger partial charge in [0, 0.05) is 5.69 Å². The minimum atomic E-state index is -0.209. The smallest absolute Gasteiger partial charge is 0.262 e. The summed E-state index contributed by atoms with van der Waals surface area (Å²) < 4.78 is 13.7. The minimum absolute atomic E-state index is 0.0309. The molecule has 5 nitrogen and oxygen atoms in total. The van der Waals surface area contributed by atoms with Crippen LogP contribution in [0.4, 0.5) is 5.69 Å². The number of aryl methyl sites for hydroxylation is 1. The van der Waals surface area contributed by atoms with E-state index in [1.165, 1.54) is 0 Å². The molecule has 1 N–H and O–H groups in total. The van der Waals surface area contributed by atoms with Crippen LogP contribution in [0.25, 0.3) is 11.0 Å². The zero-order valence-electron chi connectivity index (χ0n) is 11.4. The van der Waals surface area contributed by atoms with E-state index in [1.807, 2.05) is 37.3 Å². The second kappa shape index (κ2) is 5.88. The average Bonchev–Trinajstić information content (AvgIpc) is 2.93. The van der Waals surface area contributed by atoms with Crippen molar-refractivity contribution in [3.8, 4) is 5.75 Å². The fourth-order valence-electron chi connectivity index (χ4n) is 1.91. The van der Waals surface area contributed by atoms with Crippen molar-refractivity contribution < 1.29 is 9.53 Å². The van der Waals surface area contributed by atoms with E-state index in [-0.39, 0.29) is 12.5 Å². The number of fused-ring (bicyclic) bond motifs is 1. The number of hydrogen-bond acceptors (Lipinski definition) is 5. The Morgan fingerprint density at radius 3 is 2.90 bits per heavy atom. The summed E-state index contributed by atoms with van der Waals surface area (Å²) in [7, 11) is 0. The van der Waals surface area contributed by atoms with Crippen LogP contribution in [0.3, 0.4) is 0 Å². The number of nitrogens with one attached hydrogen (secondary N) is 1. The predicted octanol–water partition coefficient (Wildman–Crippen LogP) is 3.02. The number of amides is 1. The van der Waals surface area contributed by atoms with Gasteiger partial charge in [-0.3, -0.25) is 4.79 Å². The first-order chi connectivity index (χ1) is 10.2. The summed E-state index contributed by atoms with van der Waals surface area (Å²) in [5, 5.41) is 2.78. The molecule has 0 atom stereocenters. The quantitative estimate of drug-likeness (QED) is 0.804. The summed E-state index contributed by atoms with van der Waals surface area (Å²) >= 11 is 1.15. The normalized spacial score (nSPS) is 10.5. The molecule has 2 aromatic carbocycles. The molecule has 6 heteroatoms. The highest BCUT2D eigenvalue weighted by molar-refractivity contribution is 7.00. The number of ether oxygens (including phenoxy) is 1. The van der Waals surface area contributed by atoms with Crippen molar-refractivity contribution in [3.05, 3.63) is 48.0 Å². The van der Waals surface area contributed by atoms with Gasteiger partial charge in [0.05, 0.1) is 11.7 Å². The van der Waals surface area contributed by atoms with E-state index in [9.17, 15) is 4.79 Å². The summed E-state index contributed by atoms with van der Waals surface area (Å²) in [6.07, 6.45) is 0. The SMILES string of the molecule is Cc1cccc(OCC(=O)Nc2ccc3nsnc3c2)c1. The van der Waals surface area contributed by atoms with Crippen molar-refractivity contribution in [1.29, 1.82) is 0 Å². The molecule has 3 aromatic rings. The maximum atomic E-state index is 11.9. The second-order valence-electron chi connectivity index (χ2n) is 4.62. The standard InChI is InChI=1S/C15H13N3O2S/c1-10-3-2-4-12(7-10)20-9-15(19)16-11-5-6-13-14(8-11)18-21-17-13/h2-8H,9H2,1H3,(H,16,19). The average molecular weight is 299 g/mol. The molecule has 0 aliphatic carbocycles. The first-order valence-electron chi connectivity index (χ1n) is 6.42. The number of anilines is 1. The lowest BCUT2D eigenvalue weighted by Gasteiger charge is -2.08. The first-order valence-corrected chi connectivity index (χ1v) is 7.15. The van der Waals surface area contributed by atoms with Crippen LogP contribution < -0.4 is 10.1 Å².